The van der Waals surface area contributed by atoms with Gasteiger partial charge in [0, 0.05) is 37.0 Å². The zero-order valence-corrected chi connectivity index (χ0v) is 14.6. The number of nitrogens with one attached hydrogen (secondary N) is 3. The summed E-state index contributed by atoms with van der Waals surface area (Å²) in [6.45, 7) is 2.26. The standard InChI is InChI=1S/C18H17N7O2/c1-11-4-5-15(27-11)13-9-14(23-22-13)18(26)20-8-6-16-21-17(25-24-16)12-3-2-7-19-10-12/h2-5,7,9-10H,6,8H2,1H3,(H,20,26)(H,22,23)(H,21,24,25). The van der Waals surface area contributed by atoms with E-state index in [2.05, 4.69) is 35.7 Å². The van der Waals surface area contributed by atoms with Crippen LogP contribution in [0.3, 0.4) is 0 Å². The van der Waals surface area contributed by atoms with E-state index in [-0.39, 0.29) is 5.91 Å². The van der Waals surface area contributed by atoms with E-state index in [1.54, 1.807) is 18.5 Å². The first-order chi connectivity index (χ1) is 13.2. The quantitative estimate of drug-likeness (QED) is 0.482. The zero-order chi connectivity index (χ0) is 18.6. The molecule has 9 heteroatoms. The van der Waals surface area contributed by atoms with E-state index in [1.807, 2.05) is 31.2 Å². The van der Waals surface area contributed by atoms with E-state index in [1.165, 1.54) is 0 Å². The summed E-state index contributed by atoms with van der Waals surface area (Å²) in [7, 11) is 0. The van der Waals surface area contributed by atoms with Crippen LogP contribution in [0.2, 0.25) is 0 Å². The Morgan fingerprint density at radius 1 is 1.22 bits per heavy atom. The van der Waals surface area contributed by atoms with Crippen molar-refractivity contribution in [2.24, 2.45) is 0 Å². The number of furan rings is 1. The zero-order valence-electron chi connectivity index (χ0n) is 14.6. The molecule has 4 heterocycles. The third-order valence-corrected chi connectivity index (χ3v) is 3.92. The molecular weight excluding hydrogens is 346 g/mol. The average Bonchev–Trinajstić information content (AvgIpc) is 3.43. The summed E-state index contributed by atoms with van der Waals surface area (Å²) in [5, 5.41) is 16.7. The monoisotopic (exact) mass is 363 g/mol. The van der Waals surface area contributed by atoms with Crippen molar-refractivity contribution in [1.82, 2.24) is 35.7 Å². The third-order valence-electron chi connectivity index (χ3n) is 3.92. The maximum Gasteiger partial charge on any atom is 0.271 e. The number of aryl methyl sites for hydroxylation is 1. The van der Waals surface area contributed by atoms with E-state index in [4.69, 9.17) is 4.42 Å². The largest absolute Gasteiger partial charge is 0.460 e. The molecule has 3 N–H and O–H groups in total. The highest BCUT2D eigenvalue weighted by Crippen LogP contribution is 2.20. The van der Waals surface area contributed by atoms with Gasteiger partial charge in [0.2, 0.25) is 0 Å². The molecule has 0 spiro atoms. The number of aromatic nitrogens is 6. The second-order valence-corrected chi connectivity index (χ2v) is 5.93. The molecule has 0 saturated carbocycles. The number of hydrogen-bond acceptors (Lipinski definition) is 6. The van der Waals surface area contributed by atoms with Gasteiger partial charge >= 0.3 is 0 Å². The molecule has 4 aromatic heterocycles. The van der Waals surface area contributed by atoms with Gasteiger partial charge in [0.15, 0.2) is 17.3 Å². The molecule has 0 fully saturated rings. The molecule has 0 radical (unpaired) electrons. The lowest BCUT2D eigenvalue weighted by atomic mass is 10.3. The highest BCUT2D eigenvalue weighted by Gasteiger charge is 2.13. The summed E-state index contributed by atoms with van der Waals surface area (Å²) in [5.74, 6) is 2.43. The molecule has 0 bridgehead atoms. The average molecular weight is 363 g/mol. The van der Waals surface area contributed by atoms with Crippen LogP contribution in [0.5, 0.6) is 0 Å². The summed E-state index contributed by atoms with van der Waals surface area (Å²) < 4.78 is 5.51. The molecule has 27 heavy (non-hydrogen) atoms. The first-order valence-electron chi connectivity index (χ1n) is 8.41. The summed E-state index contributed by atoms with van der Waals surface area (Å²) in [4.78, 5) is 20.7. The van der Waals surface area contributed by atoms with Crippen LogP contribution in [0.25, 0.3) is 22.8 Å². The molecule has 0 unspecified atom stereocenters. The first-order valence-corrected chi connectivity index (χ1v) is 8.41. The number of aromatic amines is 2. The number of H-pyrrole nitrogens is 2. The Morgan fingerprint density at radius 2 is 2.15 bits per heavy atom. The van der Waals surface area contributed by atoms with Crippen LogP contribution in [0, 0.1) is 6.92 Å². The predicted molar refractivity (Wildman–Crippen MR) is 96.7 cm³/mol. The molecule has 4 aromatic rings. The summed E-state index contributed by atoms with van der Waals surface area (Å²) in [5.41, 5.74) is 1.79. The van der Waals surface area contributed by atoms with Gasteiger partial charge in [-0.25, -0.2) is 4.98 Å². The fourth-order valence-corrected chi connectivity index (χ4v) is 2.56. The van der Waals surface area contributed by atoms with E-state index in [0.29, 0.717) is 41.8 Å². The molecule has 0 aliphatic carbocycles. The molecule has 0 atom stereocenters. The first kappa shape index (κ1) is 16.7. The number of nitrogens with zero attached hydrogens (tertiary/aromatic N) is 4. The van der Waals surface area contributed by atoms with Crippen molar-refractivity contribution in [2.45, 2.75) is 13.3 Å². The molecule has 4 rings (SSSR count). The van der Waals surface area contributed by atoms with Crippen molar-refractivity contribution in [2.75, 3.05) is 6.54 Å². The van der Waals surface area contributed by atoms with Crippen molar-refractivity contribution >= 4 is 5.91 Å². The molecular formula is C18H17N7O2. The number of carbonyl (C=O) groups excluding carboxylic acids is 1. The Balaban J connectivity index is 1.32. The Bertz CT molecular complexity index is 1050. The lowest BCUT2D eigenvalue weighted by Gasteiger charge is -2.00. The van der Waals surface area contributed by atoms with Gasteiger partial charge in [0.25, 0.3) is 5.91 Å². The fraction of sp³-hybridized carbons (Fsp3) is 0.167. The van der Waals surface area contributed by atoms with Crippen LogP contribution >= 0.6 is 0 Å². The van der Waals surface area contributed by atoms with Crippen molar-refractivity contribution in [3.8, 4) is 22.8 Å². The van der Waals surface area contributed by atoms with Gasteiger partial charge in [-0.1, -0.05) is 0 Å². The van der Waals surface area contributed by atoms with Crippen LogP contribution in [0.4, 0.5) is 0 Å². The van der Waals surface area contributed by atoms with E-state index in [9.17, 15) is 4.79 Å². The molecule has 9 nitrogen and oxygen atoms in total. The predicted octanol–water partition coefficient (Wildman–Crippen LogP) is 2.13. The second-order valence-electron chi connectivity index (χ2n) is 5.93. The normalized spacial score (nSPS) is 10.9. The maximum absolute atomic E-state index is 12.2. The Kier molecular flexibility index (Phi) is 4.48. The van der Waals surface area contributed by atoms with E-state index in [0.717, 1.165) is 11.3 Å². The number of amides is 1. The highest BCUT2D eigenvalue weighted by atomic mass is 16.3. The van der Waals surface area contributed by atoms with Gasteiger partial charge in [-0.05, 0) is 31.2 Å². The minimum atomic E-state index is -0.271. The van der Waals surface area contributed by atoms with Gasteiger partial charge in [-0.2, -0.15) is 10.2 Å². The topological polar surface area (TPSA) is 125 Å². The Morgan fingerprint density at radius 3 is 2.93 bits per heavy atom. The van der Waals surface area contributed by atoms with Crippen molar-refractivity contribution in [3.63, 3.8) is 0 Å². The van der Waals surface area contributed by atoms with Gasteiger partial charge in [0.1, 0.15) is 17.3 Å². The number of hydrogen-bond donors (Lipinski definition) is 3. The molecule has 136 valence electrons. The summed E-state index contributed by atoms with van der Waals surface area (Å²) >= 11 is 0. The van der Waals surface area contributed by atoms with Gasteiger partial charge in [-0.15, -0.1) is 0 Å². The van der Waals surface area contributed by atoms with E-state index >= 15 is 0 Å². The third kappa shape index (κ3) is 3.76. The minimum absolute atomic E-state index is 0.271. The second kappa shape index (κ2) is 7.24. The minimum Gasteiger partial charge on any atom is -0.460 e. The van der Waals surface area contributed by atoms with Gasteiger partial charge < -0.3 is 9.73 Å². The smallest absolute Gasteiger partial charge is 0.271 e. The molecule has 0 aliphatic rings. The SMILES string of the molecule is Cc1ccc(-c2cc(C(=O)NCCc3nc(-c4cccnc4)n[nH]3)n[nH]2)o1. The fourth-order valence-electron chi connectivity index (χ4n) is 2.56. The molecule has 0 saturated heterocycles. The lowest BCUT2D eigenvalue weighted by molar-refractivity contribution is 0.0949. The van der Waals surface area contributed by atoms with E-state index < -0.39 is 0 Å². The van der Waals surface area contributed by atoms with Gasteiger partial charge in [0.05, 0.1) is 0 Å². The number of pyridine rings is 1. The van der Waals surface area contributed by atoms with Crippen LogP contribution in [-0.4, -0.2) is 42.8 Å². The van der Waals surface area contributed by atoms with Gasteiger partial charge in [-0.3, -0.25) is 20.0 Å². The molecule has 1 amide bonds. The molecule has 0 aromatic carbocycles. The lowest BCUT2D eigenvalue weighted by Crippen LogP contribution is -2.26. The summed E-state index contributed by atoms with van der Waals surface area (Å²) in [6, 6.07) is 9.05. The number of rotatable bonds is 6. The number of carbonyl (C=O) groups is 1. The van der Waals surface area contributed by atoms with Crippen LogP contribution in [-0.2, 0) is 6.42 Å². The maximum atomic E-state index is 12.2. The van der Waals surface area contributed by atoms with Crippen LogP contribution < -0.4 is 5.32 Å². The highest BCUT2D eigenvalue weighted by molar-refractivity contribution is 5.93. The Hall–Kier alpha value is -3.75. The summed E-state index contributed by atoms with van der Waals surface area (Å²) in [6.07, 6.45) is 3.91. The Labute approximate surface area is 154 Å². The van der Waals surface area contributed by atoms with Crippen molar-refractivity contribution in [3.05, 3.63) is 60.0 Å². The van der Waals surface area contributed by atoms with Crippen molar-refractivity contribution in [1.29, 1.82) is 0 Å². The van der Waals surface area contributed by atoms with Crippen LogP contribution in [0.1, 0.15) is 22.1 Å². The van der Waals surface area contributed by atoms with Crippen molar-refractivity contribution < 1.29 is 9.21 Å². The molecule has 0 aliphatic heterocycles. The van der Waals surface area contributed by atoms with Crippen LogP contribution in [0.15, 0.2) is 47.1 Å².